The number of hydrogen-bond acceptors (Lipinski definition) is 5. The highest BCUT2D eigenvalue weighted by molar-refractivity contribution is 7.11. The molecular formula is C9H14ClN3OS. The van der Waals surface area contributed by atoms with E-state index >= 15 is 0 Å². The molecule has 0 amide bonds. The Morgan fingerprint density at radius 1 is 1.73 bits per heavy atom. The minimum Gasteiger partial charge on any atom is -0.315 e. The Balaban J connectivity index is 0.00000112. The maximum atomic E-state index is 11.5. The second kappa shape index (κ2) is 6.17. The van der Waals surface area contributed by atoms with Gasteiger partial charge in [0.05, 0.1) is 6.54 Å². The molecule has 1 aromatic heterocycles. The van der Waals surface area contributed by atoms with Gasteiger partial charge in [0.15, 0.2) is 5.01 Å². The van der Waals surface area contributed by atoms with E-state index in [1.54, 1.807) is 6.20 Å². The summed E-state index contributed by atoms with van der Waals surface area (Å²) in [6.07, 6.45) is 2.76. The average Bonchev–Trinajstić information content (AvgIpc) is 2.87. The Morgan fingerprint density at radius 2 is 2.60 bits per heavy atom. The fourth-order valence-electron chi connectivity index (χ4n) is 1.50. The van der Waals surface area contributed by atoms with Crippen LogP contribution in [-0.4, -0.2) is 36.4 Å². The zero-order valence-corrected chi connectivity index (χ0v) is 9.87. The largest absolute Gasteiger partial charge is 0.315 e. The predicted molar refractivity (Wildman–Crippen MR) is 63.0 cm³/mol. The molecule has 84 valence electrons. The highest BCUT2D eigenvalue weighted by Crippen LogP contribution is 2.04. The van der Waals surface area contributed by atoms with E-state index in [0.717, 1.165) is 19.5 Å². The summed E-state index contributed by atoms with van der Waals surface area (Å²) in [7, 11) is 0. The van der Waals surface area contributed by atoms with Crippen LogP contribution >= 0.6 is 23.7 Å². The Kier molecular flexibility index (Phi) is 5.17. The van der Waals surface area contributed by atoms with Gasteiger partial charge < -0.3 is 10.6 Å². The average molecular weight is 248 g/mol. The number of thiazole rings is 1. The van der Waals surface area contributed by atoms with Gasteiger partial charge in [-0.3, -0.25) is 4.79 Å². The molecule has 0 aliphatic carbocycles. The number of hydrogen-bond donors (Lipinski definition) is 2. The minimum absolute atomic E-state index is 0. The molecule has 2 heterocycles. The standard InChI is InChI=1S/C9H13N3OS.ClH/c13-8(9-11-3-4-14-9)6-12-7-1-2-10-5-7;/h3-4,7,10,12H,1-2,5-6H2;1H/t7-;/m1./s1. The van der Waals surface area contributed by atoms with E-state index in [2.05, 4.69) is 15.6 Å². The first kappa shape index (κ1) is 12.6. The number of halogens is 1. The molecular weight excluding hydrogens is 234 g/mol. The van der Waals surface area contributed by atoms with E-state index in [9.17, 15) is 4.79 Å². The lowest BCUT2D eigenvalue weighted by molar-refractivity contribution is 0.0987. The van der Waals surface area contributed by atoms with Crippen LogP contribution < -0.4 is 10.6 Å². The molecule has 6 heteroatoms. The summed E-state index contributed by atoms with van der Waals surface area (Å²) < 4.78 is 0. The molecule has 0 spiro atoms. The SMILES string of the molecule is Cl.O=C(CN[C@@H]1CCNC1)c1nccs1. The topological polar surface area (TPSA) is 54.0 Å². The molecule has 1 fully saturated rings. The summed E-state index contributed by atoms with van der Waals surface area (Å²) in [5.41, 5.74) is 0. The molecule has 1 saturated heterocycles. The quantitative estimate of drug-likeness (QED) is 0.770. The first-order valence-corrected chi connectivity index (χ1v) is 5.61. The molecule has 4 nitrogen and oxygen atoms in total. The molecule has 1 aliphatic heterocycles. The number of nitrogens with one attached hydrogen (secondary N) is 2. The van der Waals surface area contributed by atoms with Crippen molar-refractivity contribution in [1.29, 1.82) is 0 Å². The fraction of sp³-hybridized carbons (Fsp3) is 0.556. The molecule has 1 aromatic rings. The van der Waals surface area contributed by atoms with Gasteiger partial charge in [-0.1, -0.05) is 0 Å². The van der Waals surface area contributed by atoms with Crippen LogP contribution in [0.4, 0.5) is 0 Å². The van der Waals surface area contributed by atoms with Gasteiger partial charge in [0, 0.05) is 24.2 Å². The third-order valence-electron chi connectivity index (χ3n) is 2.28. The zero-order chi connectivity index (χ0) is 9.80. The molecule has 2 rings (SSSR count). The first-order chi connectivity index (χ1) is 6.86. The van der Waals surface area contributed by atoms with Crippen molar-refractivity contribution in [2.45, 2.75) is 12.5 Å². The molecule has 15 heavy (non-hydrogen) atoms. The van der Waals surface area contributed by atoms with Gasteiger partial charge in [-0.25, -0.2) is 4.98 Å². The van der Waals surface area contributed by atoms with Crippen LogP contribution in [0.2, 0.25) is 0 Å². The number of Topliss-reactive ketones (excluding diaryl/α,β-unsaturated/α-hetero) is 1. The van der Waals surface area contributed by atoms with Gasteiger partial charge in [0.25, 0.3) is 0 Å². The minimum atomic E-state index is 0. The smallest absolute Gasteiger partial charge is 0.205 e. The lowest BCUT2D eigenvalue weighted by atomic mass is 10.2. The van der Waals surface area contributed by atoms with Crippen molar-refractivity contribution in [2.75, 3.05) is 19.6 Å². The fourth-order valence-corrected chi connectivity index (χ4v) is 2.08. The third-order valence-corrected chi connectivity index (χ3v) is 3.10. The Morgan fingerprint density at radius 3 is 3.20 bits per heavy atom. The Hall–Kier alpha value is -0.490. The van der Waals surface area contributed by atoms with Crippen molar-refractivity contribution in [2.24, 2.45) is 0 Å². The Labute approximate surface area is 98.9 Å². The van der Waals surface area contributed by atoms with Crippen molar-refractivity contribution in [1.82, 2.24) is 15.6 Å². The lowest BCUT2D eigenvalue weighted by Crippen LogP contribution is -2.35. The zero-order valence-electron chi connectivity index (χ0n) is 8.23. The molecule has 0 aromatic carbocycles. The van der Waals surface area contributed by atoms with Gasteiger partial charge in [0.2, 0.25) is 5.78 Å². The molecule has 0 unspecified atom stereocenters. The lowest BCUT2D eigenvalue weighted by Gasteiger charge is -2.08. The van der Waals surface area contributed by atoms with E-state index in [0.29, 0.717) is 17.6 Å². The molecule has 1 aliphatic rings. The maximum Gasteiger partial charge on any atom is 0.205 e. The third kappa shape index (κ3) is 3.53. The predicted octanol–water partition coefficient (Wildman–Crippen LogP) is 0.699. The van der Waals surface area contributed by atoms with Crippen LogP contribution in [0.25, 0.3) is 0 Å². The summed E-state index contributed by atoms with van der Waals surface area (Å²) in [6.45, 7) is 2.41. The van der Waals surface area contributed by atoms with Gasteiger partial charge >= 0.3 is 0 Å². The molecule has 0 bridgehead atoms. The summed E-state index contributed by atoms with van der Waals surface area (Å²) in [4.78, 5) is 15.5. The number of nitrogens with zero attached hydrogens (tertiary/aromatic N) is 1. The number of carbonyl (C=O) groups is 1. The van der Waals surface area contributed by atoms with Crippen LogP contribution in [0.1, 0.15) is 16.2 Å². The van der Waals surface area contributed by atoms with Crippen LogP contribution in [-0.2, 0) is 0 Å². The van der Waals surface area contributed by atoms with Crippen molar-refractivity contribution >= 4 is 29.5 Å². The molecule has 0 saturated carbocycles. The van der Waals surface area contributed by atoms with Crippen LogP contribution in [0.5, 0.6) is 0 Å². The van der Waals surface area contributed by atoms with E-state index < -0.39 is 0 Å². The first-order valence-electron chi connectivity index (χ1n) is 4.73. The maximum absolute atomic E-state index is 11.5. The molecule has 0 radical (unpaired) electrons. The van der Waals surface area contributed by atoms with Crippen LogP contribution in [0.15, 0.2) is 11.6 Å². The highest BCUT2D eigenvalue weighted by atomic mass is 35.5. The van der Waals surface area contributed by atoms with E-state index in [4.69, 9.17) is 0 Å². The Bertz CT molecular complexity index is 298. The number of aromatic nitrogens is 1. The van der Waals surface area contributed by atoms with Crippen molar-refractivity contribution < 1.29 is 4.79 Å². The van der Waals surface area contributed by atoms with E-state index in [-0.39, 0.29) is 18.2 Å². The molecule has 2 N–H and O–H groups in total. The van der Waals surface area contributed by atoms with E-state index in [1.165, 1.54) is 11.3 Å². The van der Waals surface area contributed by atoms with Crippen LogP contribution in [0.3, 0.4) is 0 Å². The highest BCUT2D eigenvalue weighted by Gasteiger charge is 2.15. The van der Waals surface area contributed by atoms with E-state index in [1.807, 2.05) is 5.38 Å². The summed E-state index contributed by atoms with van der Waals surface area (Å²) in [5, 5.41) is 8.89. The summed E-state index contributed by atoms with van der Waals surface area (Å²) in [5.74, 6) is 0.0897. The van der Waals surface area contributed by atoms with Crippen LogP contribution in [0, 0.1) is 0 Å². The summed E-state index contributed by atoms with van der Waals surface area (Å²) in [6, 6.07) is 0.443. The number of ketones is 1. The van der Waals surface area contributed by atoms with Crippen molar-refractivity contribution in [3.05, 3.63) is 16.6 Å². The van der Waals surface area contributed by atoms with Crippen molar-refractivity contribution in [3.63, 3.8) is 0 Å². The molecule has 1 atom stereocenters. The van der Waals surface area contributed by atoms with Gasteiger partial charge in [-0.15, -0.1) is 23.7 Å². The second-order valence-electron chi connectivity index (χ2n) is 3.33. The van der Waals surface area contributed by atoms with Gasteiger partial charge in [0.1, 0.15) is 0 Å². The number of rotatable bonds is 4. The van der Waals surface area contributed by atoms with Crippen molar-refractivity contribution in [3.8, 4) is 0 Å². The number of carbonyl (C=O) groups excluding carboxylic acids is 1. The van der Waals surface area contributed by atoms with Gasteiger partial charge in [-0.05, 0) is 13.0 Å². The normalized spacial score (nSPS) is 19.9. The van der Waals surface area contributed by atoms with Gasteiger partial charge in [-0.2, -0.15) is 0 Å². The summed E-state index contributed by atoms with van der Waals surface area (Å²) >= 11 is 1.40. The second-order valence-corrected chi connectivity index (χ2v) is 4.23. The monoisotopic (exact) mass is 247 g/mol.